The summed E-state index contributed by atoms with van der Waals surface area (Å²) in [5, 5.41) is 0. The molecule has 1 saturated heterocycles. The van der Waals surface area contributed by atoms with Crippen molar-refractivity contribution in [2.24, 2.45) is 0 Å². The predicted octanol–water partition coefficient (Wildman–Crippen LogP) is 1.79. The van der Waals surface area contributed by atoms with Crippen LogP contribution in [0.15, 0.2) is 47.5 Å². The topological polar surface area (TPSA) is 71.5 Å². The summed E-state index contributed by atoms with van der Waals surface area (Å²) in [5.74, 6) is 0.295. The third kappa shape index (κ3) is 3.49. The Morgan fingerprint density at radius 1 is 1.33 bits per heavy atom. The van der Waals surface area contributed by atoms with E-state index in [4.69, 9.17) is 4.74 Å². The van der Waals surface area contributed by atoms with Gasteiger partial charge in [0.05, 0.1) is 7.11 Å². The normalized spacial score (nSPS) is 17.9. The predicted molar refractivity (Wildman–Crippen MR) is 88.1 cm³/mol. The molecule has 0 bridgehead atoms. The summed E-state index contributed by atoms with van der Waals surface area (Å²) in [5.41, 5.74) is 0. The fraction of sp³-hybridized carbons (Fsp3) is 0.312. The average molecular weight is 351 g/mol. The van der Waals surface area contributed by atoms with E-state index >= 15 is 0 Å². The molecule has 0 spiro atoms. The number of methoxy groups -OCH3 is 1. The minimum atomic E-state index is -3.88. The lowest BCUT2D eigenvalue weighted by molar-refractivity contribution is 0.400. The summed E-state index contributed by atoms with van der Waals surface area (Å²) < 4.78 is 46.3. The molecule has 0 aliphatic carbocycles. The van der Waals surface area contributed by atoms with Crippen LogP contribution in [0, 0.1) is 5.82 Å². The van der Waals surface area contributed by atoms with Gasteiger partial charge in [-0.2, -0.15) is 0 Å². The highest BCUT2D eigenvalue weighted by molar-refractivity contribution is 7.89. The third-order valence-electron chi connectivity index (χ3n) is 3.90. The number of pyridine rings is 1. The monoisotopic (exact) mass is 351 g/mol. The lowest BCUT2D eigenvalue weighted by Crippen LogP contribution is -2.37. The molecule has 0 saturated carbocycles. The smallest absolute Gasteiger partial charge is 0.244 e. The Bertz CT molecular complexity index is 815. The molecule has 1 aromatic heterocycles. The van der Waals surface area contributed by atoms with E-state index in [2.05, 4.69) is 9.71 Å². The van der Waals surface area contributed by atoms with Gasteiger partial charge in [-0.25, -0.2) is 22.5 Å². The number of benzene rings is 1. The molecule has 1 fully saturated rings. The number of anilines is 1. The fourth-order valence-electron chi connectivity index (χ4n) is 2.75. The van der Waals surface area contributed by atoms with Gasteiger partial charge in [0.25, 0.3) is 0 Å². The maximum absolute atomic E-state index is 13.4. The van der Waals surface area contributed by atoms with Crippen LogP contribution in [0.5, 0.6) is 5.75 Å². The fourth-order valence-corrected chi connectivity index (χ4v) is 4.19. The van der Waals surface area contributed by atoms with Crippen molar-refractivity contribution >= 4 is 15.8 Å². The van der Waals surface area contributed by atoms with Crippen molar-refractivity contribution in [3.8, 4) is 5.75 Å². The quantitative estimate of drug-likeness (QED) is 0.889. The van der Waals surface area contributed by atoms with Crippen LogP contribution in [-0.4, -0.2) is 39.6 Å². The van der Waals surface area contributed by atoms with Gasteiger partial charge in [-0.15, -0.1) is 0 Å². The molecule has 0 amide bonds. The Hall–Kier alpha value is -2.19. The summed E-state index contributed by atoms with van der Waals surface area (Å²) in [6.45, 7) is 1.21. The summed E-state index contributed by atoms with van der Waals surface area (Å²) in [7, 11) is -2.52. The molecule has 1 N–H and O–H groups in total. The van der Waals surface area contributed by atoms with E-state index in [1.54, 1.807) is 6.20 Å². The lowest BCUT2D eigenvalue weighted by atomic mass is 10.3. The van der Waals surface area contributed by atoms with Crippen LogP contribution in [0.2, 0.25) is 0 Å². The Morgan fingerprint density at radius 3 is 2.88 bits per heavy atom. The highest BCUT2D eigenvalue weighted by atomic mass is 32.2. The van der Waals surface area contributed by atoms with Gasteiger partial charge in [0, 0.05) is 25.3 Å². The Morgan fingerprint density at radius 2 is 2.17 bits per heavy atom. The molecule has 128 valence electrons. The van der Waals surface area contributed by atoms with E-state index in [1.807, 2.05) is 23.1 Å². The average Bonchev–Trinajstić information content (AvgIpc) is 3.03. The van der Waals surface area contributed by atoms with Crippen LogP contribution in [0.3, 0.4) is 0 Å². The second-order valence-electron chi connectivity index (χ2n) is 5.54. The largest absolute Gasteiger partial charge is 0.495 e. The maximum atomic E-state index is 13.4. The number of rotatable bonds is 5. The van der Waals surface area contributed by atoms with E-state index in [-0.39, 0.29) is 16.7 Å². The number of sulfonamides is 1. The molecule has 0 radical (unpaired) electrons. The molecule has 2 aromatic rings. The summed E-state index contributed by atoms with van der Waals surface area (Å²) in [6, 6.07) is 8.76. The summed E-state index contributed by atoms with van der Waals surface area (Å²) in [6.07, 6.45) is 2.35. The van der Waals surface area contributed by atoms with Gasteiger partial charge < -0.3 is 9.64 Å². The first-order valence-electron chi connectivity index (χ1n) is 7.51. The Labute approximate surface area is 140 Å². The van der Waals surface area contributed by atoms with Crippen LogP contribution in [0.1, 0.15) is 6.42 Å². The van der Waals surface area contributed by atoms with Crippen molar-refractivity contribution in [1.29, 1.82) is 0 Å². The van der Waals surface area contributed by atoms with Crippen LogP contribution >= 0.6 is 0 Å². The number of halogens is 1. The van der Waals surface area contributed by atoms with E-state index in [9.17, 15) is 12.8 Å². The standard InChI is InChI=1S/C16H18FN3O3S/c1-23-14-6-5-12(17)10-15(14)24(21,22)19-13-7-9-20(11-13)16-4-2-3-8-18-16/h2-6,8,10,13,19H,7,9,11H2,1H3/t13-/m0/s1. The molecule has 0 unspecified atom stereocenters. The molecule has 2 heterocycles. The van der Waals surface area contributed by atoms with E-state index in [0.717, 1.165) is 18.0 Å². The van der Waals surface area contributed by atoms with Gasteiger partial charge in [-0.1, -0.05) is 6.07 Å². The zero-order chi connectivity index (χ0) is 17.2. The first-order chi connectivity index (χ1) is 11.5. The number of nitrogens with one attached hydrogen (secondary N) is 1. The van der Waals surface area contributed by atoms with Crippen molar-refractivity contribution in [1.82, 2.24) is 9.71 Å². The van der Waals surface area contributed by atoms with Crippen LogP contribution < -0.4 is 14.4 Å². The van der Waals surface area contributed by atoms with Crippen molar-refractivity contribution in [3.63, 3.8) is 0 Å². The first-order valence-corrected chi connectivity index (χ1v) is 9.00. The zero-order valence-corrected chi connectivity index (χ0v) is 14.0. The van der Waals surface area contributed by atoms with Crippen molar-refractivity contribution < 1.29 is 17.5 Å². The van der Waals surface area contributed by atoms with Gasteiger partial charge in [0.1, 0.15) is 22.3 Å². The maximum Gasteiger partial charge on any atom is 0.244 e. The highest BCUT2D eigenvalue weighted by Crippen LogP contribution is 2.26. The molecule has 8 heteroatoms. The molecular formula is C16H18FN3O3S. The van der Waals surface area contributed by atoms with E-state index < -0.39 is 15.8 Å². The van der Waals surface area contributed by atoms with Gasteiger partial charge in [0.2, 0.25) is 10.0 Å². The SMILES string of the molecule is COc1ccc(F)cc1S(=O)(=O)N[C@H]1CCN(c2ccccn2)C1. The van der Waals surface area contributed by atoms with Gasteiger partial charge in [-0.05, 0) is 36.8 Å². The first kappa shape index (κ1) is 16.7. The number of ether oxygens (including phenoxy) is 1. The number of aromatic nitrogens is 1. The van der Waals surface area contributed by atoms with Gasteiger partial charge in [-0.3, -0.25) is 0 Å². The second kappa shape index (κ2) is 6.74. The van der Waals surface area contributed by atoms with Gasteiger partial charge in [0.15, 0.2) is 0 Å². The molecule has 24 heavy (non-hydrogen) atoms. The number of hydrogen-bond acceptors (Lipinski definition) is 5. The Kier molecular flexibility index (Phi) is 4.68. The summed E-state index contributed by atoms with van der Waals surface area (Å²) >= 11 is 0. The minimum absolute atomic E-state index is 0.114. The highest BCUT2D eigenvalue weighted by Gasteiger charge is 2.29. The van der Waals surface area contributed by atoms with Crippen molar-refractivity contribution in [2.45, 2.75) is 17.4 Å². The van der Waals surface area contributed by atoms with Crippen LogP contribution in [-0.2, 0) is 10.0 Å². The molecule has 1 aliphatic rings. The lowest BCUT2D eigenvalue weighted by Gasteiger charge is -2.18. The molecule has 1 aliphatic heterocycles. The molecule has 1 aromatic carbocycles. The van der Waals surface area contributed by atoms with E-state index in [1.165, 1.54) is 13.2 Å². The molecule has 1 atom stereocenters. The van der Waals surface area contributed by atoms with Crippen LogP contribution in [0.4, 0.5) is 10.2 Å². The van der Waals surface area contributed by atoms with Crippen molar-refractivity contribution in [2.75, 3.05) is 25.1 Å². The van der Waals surface area contributed by atoms with Crippen molar-refractivity contribution in [3.05, 3.63) is 48.4 Å². The molecule has 3 rings (SSSR count). The van der Waals surface area contributed by atoms with E-state index in [0.29, 0.717) is 19.5 Å². The number of hydrogen-bond donors (Lipinski definition) is 1. The second-order valence-corrected chi connectivity index (χ2v) is 7.22. The van der Waals surface area contributed by atoms with Crippen LogP contribution in [0.25, 0.3) is 0 Å². The minimum Gasteiger partial charge on any atom is -0.495 e. The number of nitrogens with zero attached hydrogens (tertiary/aromatic N) is 2. The zero-order valence-electron chi connectivity index (χ0n) is 13.1. The summed E-state index contributed by atoms with van der Waals surface area (Å²) in [4.78, 5) is 6.08. The molecular weight excluding hydrogens is 333 g/mol. The molecule has 6 nitrogen and oxygen atoms in total. The Balaban J connectivity index is 1.75. The van der Waals surface area contributed by atoms with Gasteiger partial charge >= 0.3 is 0 Å². The third-order valence-corrected chi connectivity index (χ3v) is 5.44.